The summed E-state index contributed by atoms with van der Waals surface area (Å²) in [5.74, 6) is 0.805. The summed E-state index contributed by atoms with van der Waals surface area (Å²) in [6, 6.07) is 10.9. The van der Waals surface area contributed by atoms with Crippen LogP contribution in [0.4, 0.5) is 10.5 Å². The highest BCUT2D eigenvalue weighted by atomic mass is 35.5. The van der Waals surface area contributed by atoms with Crippen LogP contribution in [0.1, 0.15) is 12.0 Å². The van der Waals surface area contributed by atoms with Gasteiger partial charge in [0.15, 0.2) is 11.5 Å². The van der Waals surface area contributed by atoms with Crippen molar-refractivity contribution < 1.29 is 33.6 Å². The van der Waals surface area contributed by atoms with Gasteiger partial charge in [0.25, 0.3) is 0 Å². The minimum Gasteiger partial charge on any atom is -0.486 e. The van der Waals surface area contributed by atoms with E-state index in [0.29, 0.717) is 68.8 Å². The normalized spacial score (nSPS) is 16.3. The molecule has 202 valence electrons. The molecule has 1 saturated heterocycles. The van der Waals surface area contributed by atoms with Crippen LogP contribution in [0.25, 0.3) is 11.0 Å². The van der Waals surface area contributed by atoms with Gasteiger partial charge < -0.3 is 24.1 Å². The van der Waals surface area contributed by atoms with Gasteiger partial charge in [-0.2, -0.15) is 0 Å². The Kier molecular flexibility index (Phi) is 8.70. The third kappa shape index (κ3) is 6.17. The lowest BCUT2D eigenvalue weighted by Gasteiger charge is -2.23. The number of pyridine rings is 2. The van der Waals surface area contributed by atoms with E-state index in [1.165, 1.54) is 4.90 Å². The molecule has 0 saturated carbocycles. The fourth-order valence-electron chi connectivity index (χ4n) is 4.61. The molecule has 38 heavy (non-hydrogen) atoms. The molecular weight excluding hydrogens is 516 g/mol. The van der Waals surface area contributed by atoms with E-state index in [9.17, 15) is 14.7 Å². The van der Waals surface area contributed by atoms with E-state index in [1.807, 2.05) is 12.1 Å². The predicted octanol–water partition coefficient (Wildman–Crippen LogP) is 3.18. The number of fused-ring (bicyclic) bond motifs is 2. The summed E-state index contributed by atoms with van der Waals surface area (Å²) in [6.07, 6.45) is 2.18. The second kappa shape index (κ2) is 12.1. The average Bonchev–Trinajstić information content (AvgIpc) is 3.27. The lowest BCUT2D eigenvalue weighted by atomic mass is 10.1. The number of hydrogen-bond donors (Lipinski definition) is 1. The van der Waals surface area contributed by atoms with E-state index in [2.05, 4.69) is 9.97 Å². The Hall–Kier alpha value is -3.83. The molecule has 1 aromatic carbocycles. The van der Waals surface area contributed by atoms with Crippen molar-refractivity contribution >= 4 is 41.2 Å². The summed E-state index contributed by atoms with van der Waals surface area (Å²) in [4.78, 5) is 36.3. The lowest BCUT2D eigenvalue weighted by Crippen LogP contribution is -2.38. The molecule has 1 fully saturated rings. The first-order chi connectivity index (χ1) is 18.0. The number of nitrogens with zero attached hydrogens (tertiary/aromatic N) is 4. The molecule has 0 unspecified atom stereocenters. The van der Waals surface area contributed by atoms with Crippen LogP contribution in [-0.2, 0) is 16.0 Å². The Labute approximate surface area is 225 Å². The van der Waals surface area contributed by atoms with Gasteiger partial charge in [-0.1, -0.05) is 0 Å². The molecule has 4 heterocycles. The van der Waals surface area contributed by atoms with Gasteiger partial charge in [0.2, 0.25) is 5.88 Å². The van der Waals surface area contributed by atoms with E-state index in [4.69, 9.17) is 18.9 Å². The monoisotopic (exact) mass is 544 g/mol. The standard InChI is InChI=1S/C26H28N4O7.ClH/c1-34-23-7-5-20-25(28-23)17(8-9-27-20)3-2-10-29(16-24(31)32)14-19-15-30(26(33)37-19)18-4-6-21-22(13-18)36-12-11-35-21;/h4-9,13,19H,2-3,10-12,14-16H2,1H3,(H,31,32);1H/t19-;/m1./s1. The number of aromatic nitrogens is 2. The topological polar surface area (TPSA) is 124 Å². The molecule has 11 nitrogen and oxygen atoms in total. The molecule has 0 radical (unpaired) electrons. The summed E-state index contributed by atoms with van der Waals surface area (Å²) in [6.45, 7) is 1.92. The number of aliphatic carboxylic acids is 1. The lowest BCUT2D eigenvalue weighted by molar-refractivity contribution is -0.138. The number of carbonyl (C=O) groups is 2. The van der Waals surface area contributed by atoms with Crippen LogP contribution in [-0.4, -0.2) is 84.6 Å². The first-order valence-electron chi connectivity index (χ1n) is 12.1. The fraction of sp³-hybridized carbons (Fsp3) is 0.385. The van der Waals surface area contributed by atoms with Crippen LogP contribution >= 0.6 is 12.4 Å². The van der Waals surface area contributed by atoms with E-state index < -0.39 is 18.2 Å². The highest BCUT2D eigenvalue weighted by Crippen LogP contribution is 2.35. The Morgan fingerprint density at radius 2 is 2.00 bits per heavy atom. The second-order valence-corrected chi connectivity index (χ2v) is 8.87. The zero-order chi connectivity index (χ0) is 25.8. The van der Waals surface area contributed by atoms with Crippen LogP contribution in [0.3, 0.4) is 0 Å². The van der Waals surface area contributed by atoms with Gasteiger partial charge in [-0.15, -0.1) is 12.4 Å². The molecule has 5 rings (SSSR count). The van der Waals surface area contributed by atoms with Gasteiger partial charge in [0.1, 0.15) is 19.3 Å². The molecule has 0 aliphatic carbocycles. The summed E-state index contributed by atoms with van der Waals surface area (Å²) in [5, 5.41) is 9.45. The number of cyclic esters (lactones) is 1. The van der Waals surface area contributed by atoms with E-state index in [-0.39, 0.29) is 19.0 Å². The van der Waals surface area contributed by atoms with Crippen LogP contribution < -0.4 is 19.1 Å². The molecule has 1 N–H and O–H groups in total. The van der Waals surface area contributed by atoms with Crippen molar-refractivity contribution in [3.05, 3.63) is 48.2 Å². The molecule has 3 aromatic rings. The van der Waals surface area contributed by atoms with Crippen LogP contribution in [0.5, 0.6) is 17.4 Å². The van der Waals surface area contributed by atoms with Gasteiger partial charge in [0.05, 0.1) is 36.9 Å². The summed E-state index contributed by atoms with van der Waals surface area (Å²) in [7, 11) is 1.57. The van der Waals surface area contributed by atoms with Crippen molar-refractivity contribution in [2.75, 3.05) is 51.4 Å². The zero-order valence-corrected chi connectivity index (χ0v) is 21.7. The molecule has 12 heteroatoms. The molecule has 1 atom stereocenters. The van der Waals surface area contributed by atoms with E-state index in [1.54, 1.807) is 42.5 Å². The van der Waals surface area contributed by atoms with Crippen LogP contribution in [0, 0.1) is 0 Å². The molecule has 2 aliphatic rings. The maximum absolute atomic E-state index is 12.6. The number of aryl methyl sites for hydroxylation is 1. The van der Waals surface area contributed by atoms with Gasteiger partial charge in [-0.05, 0) is 49.2 Å². The number of benzene rings is 1. The summed E-state index contributed by atoms with van der Waals surface area (Å²) in [5.41, 5.74) is 3.20. The van der Waals surface area contributed by atoms with E-state index >= 15 is 0 Å². The molecule has 2 aliphatic heterocycles. The van der Waals surface area contributed by atoms with Gasteiger partial charge in [0, 0.05) is 24.9 Å². The van der Waals surface area contributed by atoms with Gasteiger partial charge in [-0.3, -0.25) is 19.6 Å². The predicted molar refractivity (Wildman–Crippen MR) is 141 cm³/mol. The number of carboxylic acids is 1. The Balaban J connectivity index is 0.00000336. The smallest absolute Gasteiger partial charge is 0.414 e. The molecule has 1 amide bonds. The quantitative estimate of drug-likeness (QED) is 0.407. The second-order valence-electron chi connectivity index (χ2n) is 8.87. The molecule has 2 aromatic heterocycles. The number of amides is 1. The highest BCUT2D eigenvalue weighted by Gasteiger charge is 2.34. The number of halogens is 1. The Morgan fingerprint density at radius 1 is 1.18 bits per heavy atom. The Morgan fingerprint density at radius 3 is 2.79 bits per heavy atom. The first-order valence-corrected chi connectivity index (χ1v) is 12.1. The largest absolute Gasteiger partial charge is 0.486 e. The van der Waals surface area contributed by atoms with Gasteiger partial charge >= 0.3 is 12.1 Å². The number of methoxy groups -OCH3 is 1. The van der Waals surface area contributed by atoms with Crippen molar-refractivity contribution in [1.29, 1.82) is 0 Å². The number of anilines is 1. The minimum atomic E-state index is -0.936. The highest BCUT2D eigenvalue weighted by molar-refractivity contribution is 5.90. The van der Waals surface area contributed by atoms with Gasteiger partial charge in [-0.25, -0.2) is 9.78 Å². The molecule has 0 bridgehead atoms. The van der Waals surface area contributed by atoms with Crippen molar-refractivity contribution in [3.8, 4) is 17.4 Å². The summed E-state index contributed by atoms with van der Waals surface area (Å²) >= 11 is 0. The maximum Gasteiger partial charge on any atom is 0.414 e. The van der Waals surface area contributed by atoms with Crippen molar-refractivity contribution in [2.24, 2.45) is 0 Å². The first kappa shape index (κ1) is 27.2. The van der Waals surface area contributed by atoms with Crippen molar-refractivity contribution in [3.63, 3.8) is 0 Å². The molecular formula is C26H29ClN4O7. The number of ether oxygens (including phenoxy) is 4. The van der Waals surface area contributed by atoms with Crippen molar-refractivity contribution in [2.45, 2.75) is 18.9 Å². The van der Waals surface area contributed by atoms with E-state index in [0.717, 1.165) is 16.6 Å². The average molecular weight is 545 g/mol. The zero-order valence-electron chi connectivity index (χ0n) is 20.9. The van der Waals surface area contributed by atoms with Crippen molar-refractivity contribution in [1.82, 2.24) is 14.9 Å². The number of carboxylic acid groups (broad SMARTS) is 1. The fourth-order valence-corrected chi connectivity index (χ4v) is 4.61. The van der Waals surface area contributed by atoms with Crippen LogP contribution in [0.15, 0.2) is 42.6 Å². The number of rotatable bonds is 10. The Bertz CT molecular complexity index is 1310. The third-order valence-corrected chi connectivity index (χ3v) is 6.30. The molecule has 0 spiro atoms. The summed E-state index contributed by atoms with van der Waals surface area (Å²) < 4.78 is 22.0. The van der Waals surface area contributed by atoms with Crippen LogP contribution in [0.2, 0.25) is 0 Å². The third-order valence-electron chi connectivity index (χ3n) is 6.30. The SMILES string of the molecule is COc1ccc2nccc(CCCN(CC(=O)O)C[C@@H]3CN(c4ccc5c(c4)OCCO5)C(=O)O3)c2n1.Cl. The minimum absolute atomic E-state index is 0. The number of hydrogen-bond acceptors (Lipinski definition) is 9. The number of carbonyl (C=O) groups excluding carboxylic acids is 1. The maximum atomic E-state index is 12.6.